The molecular formula is C23H16IN5O2. The fourth-order valence-corrected chi connectivity index (χ4v) is 3.67. The van der Waals surface area contributed by atoms with Crippen LogP contribution in [0.1, 0.15) is 16.8 Å². The van der Waals surface area contributed by atoms with Crippen LogP contribution in [0.4, 0.5) is 5.82 Å². The maximum absolute atomic E-state index is 9.80. The van der Waals surface area contributed by atoms with Gasteiger partial charge in [-0.1, -0.05) is 24.1 Å². The molecule has 0 radical (unpaired) electrons. The molecule has 0 unspecified atom stereocenters. The van der Waals surface area contributed by atoms with Gasteiger partial charge >= 0.3 is 0 Å². The SMILES string of the molecule is C#CCOc1c(I)cc(C=C(C#N)c2nn(-c3ccccc3)c(N)c2C#N)cc1OC. The normalized spacial score (nSPS) is 10.6. The number of hydrogen-bond acceptors (Lipinski definition) is 6. The molecule has 0 amide bonds. The molecule has 8 heteroatoms. The van der Waals surface area contributed by atoms with Gasteiger partial charge in [0.2, 0.25) is 0 Å². The fraction of sp³-hybridized carbons (Fsp3) is 0.0870. The summed E-state index contributed by atoms with van der Waals surface area (Å²) in [6, 6.07) is 16.9. The van der Waals surface area contributed by atoms with Crippen LogP contribution in [0.3, 0.4) is 0 Å². The van der Waals surface area contributed by atoms with E-state index in [2.05, 4.69) is 45.7 Å². The minimum absolute atomic E-state index is 0.104. The Labute approximate surface area is 193 Å². The van der Waals surface area contributed by atoms with E-state index in [9.17, 15) is 10.5 Å². The van der Waals surface area contributed by atoms with E-state index in [1.165, 1.54) is 11.8 Å². The second-order valence-corrected chi connectivity index (χ2v) is 7.33. The Bertz CT molecular complexity index is 1270. The molecule has 3 rings (SSSR count). The second-order valence-electron chi connectivity index (χ2n) is 6.16. The highest BCUT2D eigenvalue weighted by molar-refractivity contribution is 14.1. The highest BCUT2D eigenvalue weighted by Gasteiger charge is 2.20. The first kappa shape index (κ1) is 21.8. The first-order valence-electron chi connectivity index (χ1n) is 8.94. The molecule has 3 aromatic rings. The smallest absolute Gasteiger partial charge is 0.175 e. The van der Waals surface area contributed by atoms with E-state index >= 15 is 0 Å². The molecule has 2 aromatic carbocycles. The number of nitrogens with two attached hydrogens (primary N) is 1. The summed E-state index contributed by atoms with van der Waals surface area (Å²) < 4.78 is 13.2. The quantitative estimate of drug-likeness (QED) is 0.298. The van der Waals surface area contributed by atoms with Gasteiger partial charge in [0.15, 0.2) is 11.5 Å². The lowest BCUT2D eigenvalue weighted by Gasteiger charge is -2.12. The number of methoxy groups -OCH3 is 1. The zero-order valence-electron chi connectivity index (χ0n) is 16.5. The molecule has 31 heavy (non-hydrogen) atoms. The number of ether oxygens (including phenoxy) is 2. The van der Waals surface area contributed by atoms with E-state index in [1.807, 2.05) is 36.4 Å². The second kappa shape index (κ2) is 9.71. The van der Waals surface area contributed by atoms with E-state index in [0.717, 1.165) is 3.57 Å². The number of para-hydroxylation sites is 1. The Kier molecular flexibility index (Phi) is 6.81. The monoisotopic (exact) mass is 521 g/mol. The molecule has 0 spiro atoms. The Morgan fingerprint density at radius 3 is 2.65 bits per heavy atom. The lowest BCUT2D eigenvalue weighted by atomic mass is 10.1. The van der Waals surface area contributed by atoms with Gasteiger partial charge < -0.3 is 15.2 Å². The third kappa shape index (κ3) is 4.48. The Balaban J connectivity index is 2.12. The number of halogens is 1. The van der Waals surface area contributed by atoms with Crippen molar-refractivity contribution >= 4 is 40.1 Å². The van der Waals surface area contributed by atoms with Gasteiger partial charge in [-0.3, -0.25) is 0 Å². The summed E-state index contributed by atoms with van der Waals surface area (Å²) in [5.74, 6) is 3.57. The van der Waals surface area contributed by atoms with Gasteiger partial charge in [-0.2, -0.15) is 15.6 Å². The highest BCUT2D eigenvalue weighted by Crippen LogP contribution is 2.35. The van der Waals surface area contributed by atoms with Crippen molar-refractivity contribution in [1.29, 1.82) is 10.5 Å². The minimum Gasteiger partial charge on any atom is -0.493 e. The van der Waals surface area contributed by atoms with Crippen LogP contribution in [-0.4, -0.2) is 23.5 Å². The summed E-state index contributed by atoms with van der Waals surface area (Å²) in [6.07, 6.45) is 6.89. The molecular weight excluding hydrogens is 505 g/mol. The maximum Gasteiger partial charge on any atom is 0.175 e. The summed E-state index contributed by atoms with van der Waals surface area (Å²) >= 11 is 2.10. The molecule has 152 valence electrons. The van der Waals surface area contributed by atoms with Crippen molar-refractivity contribution in [3.8, 4) is 41.7 Å². The van der Waals surface area contributed by atoms with Gasteiger partial charge in [-0.15, -0.1) is 6.42 Å². The third-order valence-electron chi connectivity index (χ3n) is 4.27. The predicted octanol–water partition coefficient (Wildman–Crippen LogP) is 4.02. The average Bonchev–Trinajstić information content (AvgIpc) is 3.12. The van der Waals surface area contributed by atoms with Crippen LogP contribution in [0.2, 0.25) is 0 Å². The number of benzene rings is 2. The number of hydrogen-bond donors (Lipinski definition) is 1. The molecule has 7 nitrogen and oxygen atoms in total. The van der Waals surface area contributed by atoms with Crippen molar-refractivity contribution in [1.82, 2.24) is 9.78 Å². The maximum atomic E-state index is 9.80. The topological polar surface area (TPSA) is 110 Å². The number of allylic oxidation sites excluding steroid dienone is 1. The van der Waals surface area contributed by atoms with E-state index in [-0.39, 0.29) is 29.3 Å². The number of terminal acetylenes is 1. The van der Waals surface area contributed by atoms with Crippen molar-refractivity contribution in [3.63, 3.8) is 0 Å². The van der Waals surface area contributed by atoms with E-state index in [0.29, 0.717) is 22.7 Å². The van der Waals surface area contributed by atoms with Crippen LogP contribution in [0.5, 0.6) is 11.5 Å². The minimum atomic E-state index is 0.104. The largest absolute Gasteiger partial charge is 0.493 e. The zero-order chi connectivity index (χ0) is 22.4. The first-order valence-corrected chi connectivity index (χ1v) is 10.0. The van der Waals surface area contributed by atoms with E-state index in [4.69, 9.17) is 21.6 Å². The van der Waals surface area contributed by atoms with Crippen LogP contribution >= 0.6 is 22.6 Å². The summed E-state index contributed by atoms with van der Waals surface area (Å²) in [4.78, 5) is 0. The Hall–Kier alpha value is -3.94. The number of aromatic nitrogens is 2. The number of anilines is 1. The van der Waals surface area contributed by atoms with Crippen LogP contribution < -0.4 is 15.2 Å². The van der Waals surface area contributed by atoms with Crippen LogP contribution in [0, 0.1) is 38.6 Å². The molecule has 0 aliphatic rings. The summed E-state index contributed by atoms with van der Waals surface area (Å²) in [7, 11) is 1.52. The third-order valence-corrected chi connectivity index (χ3v) is 5.07. The van der Waals surface area contributed by atoms with Crippen LogP contribution in [0.25, 0.3) is 17.3 Å². The van der Waals surface area contributed by atoms with Crippen LogP contribution in [0.15, 0.2) is 42.5 Å². The molecule has 0 saturated carbocycles. The Morgan fingerprint density at radius 2 is 2.03 bits per heavy atom. The fourth-order valence-electron chi connectivity index (χ4n) is 2.89. The number of nitriles is 2. The highest BCUT2D eigenvalue weighted by atomic mass is 127. The van der Waals surface area contributed by atoms with Gasteiger partial charge in [-0.05, 0) is 58.5 Å². The van der Waals surface area contributed by atoms with Crippen molar-refractivity contribution in [2.45, 2.75) is 0 Å². The standard InChI is InChI=1S/C23H16IN5O2/c1-3-9-31-22-19(24)11-15(12-20(22)30-2)10-16(13-25)21-18(14-26)23(27)29(28-21)17-7-5-4-6-8-17/h1,4-8,10-12H,9,27H2,2H3. The van der Waals surface area contributed by atoms with Gasteiger partial charge in [-0.25, -0.2) is 4.68 Å². The molecule has 0 saturated heterocycles. The molecule has 2 N–H and O–H groups in total. The summed E-state index contributed by atoms with van der Waals surface area (Å²) in [6.45, 7) is 0.104. The molecule has 0 atom stereocenters. The van der Waals surface area contributed by atoms with Crippen molar-refractivity contribution in [2.24, 2.45) is 0 Å². The van der Waals surface area contributed by atoms with E-state index in [1.54, 1.807) is 12.1 Å². The molecule has 1 heterocycles. The lowest BCUT2D eigenvalue weighted by molar-refractivity contribution is 0.328. The molecule has 0 fully saturated rings. The molecule has 0 bridgehead atoms. The molecule has 0 aliphatic heterocycles. The van der Waals surface area contributed by atoms with Crippen molar-refractivity contribution in [2.75, 3.05) is 19.5 Å². The van der Waals surface area contributed by atoms with E-state index < -0.39 is 0 Å². The number of nitrogens with zero attached hydrogens (tertiary/aromatic N) is 4. The van der Waals surface area contributed by atoms with Gasteiger partial charge in [0.1, 0.15) is 35.8 Å². The zero-order valence-corrected chi connectivity index (χ0v) is 18.6. The van der Waals surface area contributed by atoms with Crippen molar-refractivity contribution in [3.05, 3.63) is 62.9 Å². The molecule has 0 aliphatic carbocycles. The van der Waals surface area contributed by atoms with Crippen LogP contribution in [-0.2, 0) is 0 Å². The summed E-state index contributed by atoms with van der Waals surface area (Å²) in [5, 5.41) is 23.9. The van der Waals surface area contributed by atoms with Gasteiger partial charge in [0, 0.05) is 0 Å². The Morgan fingerprint density at radius 1 is 1.29 bits per heavy atom. The number of rotatable bonds is 6. The van der Waals surface area contributed by atoms with Crippen molar-refractivity contribution < 1.29 is 9.47 Å². The predicted molar refractivity (Wildman–Crippen MR) is 126 cm³/mol. The number of nitrogen functional groups attached to an aromatic ring is 1. The first-order chi connectivity index (χ1) is 15.0. The van der Waals surface area contributed by atoms with Gasteiger partial charge in [0.25, 0.3) is 0 Å². The average molecular weight is 521 g/mol. The summed E-state index contributed by atoms with van der Waals surface area (Å²) in [5.41, 5.74) is 8.03. The molecule has 1 aromatic heterocycles. The lowest BCUT2D eigenvalue weighted by Crippen LogP contribution is -2.02. The van der Waals surface area contributed by atoms with Gasteiger partial charge in [0.05, 0.1) is 21.9 Å².